The summed E-state index contributed by atoms with van der Waals surface area (Å²) in [4.78, 5) is 11.8. The molecule has 1 aromatic rings. The zero-order chi connectivity index (χ0) is 11.1. The molecule has 0 N–H and O–H groups in total. The van der Waals surface area contributed by atoms with Crippen LogP contribution in [-0.4, -0.2) is 33.3 Å². The fourth-order valence-corrected chi connectivity index (χ4v) is 1.32. The molecule has 5 nitrogen and oxygen atoms in total. The van der Waals surface area contributed by atoms with Crippen molar-refractivity contribution in [3.05, 3.63) is 12.7 Å². The molecule has 1 aliphatic heterocycles. The van der Waals surface area contributed by atoms with E-state index in [9.17, 15) is 0 Å². The zero-order valence-electron chi connectivity index (χ0n) is 9.39. The summed E-state index contributed by atoms with van der Waals surface area (Å²) in [5.41, 5.74) is -0.196. The van der Waals surface area contributed by atoms with Crippen molar-refractivity contribution in [3.63, 3.8) is 0 Å². The lowest BCUT2D eigenvalue weighted by Crippen LogP contribution is -2.41. The highest BCUT2D eigenvalue weighted by molar-refractivity contribution is 6.60. The minimum Gasteiger partial charge on any atom is -0.397 e. The van der Waals surface area contributed by atoms with Crippen LogP contribution in [0.4, 0.5) is 0 Å². The highest BCUT2D eigenvalue weighted by Gasteiger charge is 2.53. The second kappa shape index (κ2) is 3.25. The van der Waals surface area contributed by atoms with Gasteiger partial charge in [0.25, 0.3) is 0 Å². The summed E-state index contributed by atoms with van der Waals surface area (Å²) in [5.74, 6) is 0. The van der Waals surface area contributed by atoms with Crippen LogP contribution in [0.25, 0.3) is 0 Å². The Kier molecular flexibility index (Phi) is 2.28. The van der Waals surface area contributed by atoms with Gasteiger partial charge in [-0.05, 0) is 27.7 Å². The first kappa shape index (κ1) is 10.5. The van der Waals surface area contributed by atoms with Gasteiger partial charge in [0, 0.05) is 0 Å². The predicted molar refractivity (Wildman–Crippen MR) is 55.5 cm³/mol. The molecule has 1 saturated heterocycles. The largest absolute Gasteiger partial charge is 0.534 e. The van der Waals surface area contributed by atoms with E-state index in [1.165, 1.54) is 12.7 Å². The van der Waals surface area contributed by atoms with E-state index in [2.05, 4.69) is 15.0 Å². The molecule has 1 fully saturated rings. The Labute approximate surface area is 89.4 Å². The molecular weight excluding hydrogens is 193 g/mol. The van der Waals surface area contributed by atoms with Crippen molar-refractivity contribution < 1.29 is 9.31 Å². The van der Waals surface area contributed by atoms with Crippen LogP contribution in [0.5, 0.6) is 0 Å². The summed E-state index contributed by atoms with van der Waals surface area (Å²) in [6, 6.07) is 0. The average molecular weight is 207 g/mol. The van der Waals surface area contributed by atoms with Crippen molar-refractivity contribution in [1.29, 1.82) is 0 Å². The van der Waals surface area contributed by atoms with Gasteiger partial charge in [-0.15, -0.1) is 0 Å². The highest BCUT2D eigenvalue weighted by atomic mass is 16.7. The van der Waals surface area contributed by atoms with Gasteiger partial charge in [0.2, 0.25) is 0 Å². The van der Waals surface area contributed by atoms with Crippen LogP contribution in [0.2, 0.25) is 0 Å². The third-order valence-corrected chi connectivity index (χ3v) is 2.98. The Balaban J connectivity index is 2.24. The summed E-state index contributed by atoms with van der Waals surface area (Å²) < 4.78 is 11.6. The van der Waals surface area contributed by atoms with Crippen molar-refractivity contribution >= 4 is 12.8 Å². The average Bonchev–Trinajstić information content (AvgIpc) is 2.38. The molecule has 15 heavy (non-hydrogen) atoms. The lowest BCUT2D eigenvalue weighted by Gasteiger charge is -2.32. The van der Waals surface area contributed by atoms with Gasteiger partial charge in [-0.2, -0.15) is 0 Å². The van der Waals surface area contributed by atoms with Crippen LogP contribution in [0.3, 0.4) is 0 Å². The first-order chi connectivity index (χ1) is 6.92. The molecule has 0 saturated carbocycles. The minimum absolute atomic E-state index is 0.357. The van der Waals surface area contributed by atoms with E-state index in [1.807, 2.05) is 27.7 Å². The fourth-order valence-electron chi connectivity index (χ4n) is 1.32. The lowest BCUT2D eigenvalue weighted by atomic mass is 9.89. The lowest BCUT2D eigenvalue weighted by molar-refractivity contribution is 0.00578. The SMILES string of the molecule is CC1(C)OB(c2ncncn2)OC1(C)C. The number of nitrogens with zero attached hydrogens (tertiary/aromatic N) is 3. The van der Waals surface area contributed by atoms with E-state index >= 15 is 0 Å². The Morgan fingerprint density at radius 2 is 1.47 bits per heavy atom. The van der Waals surface area contributed by atoms with E-state index in [1.54, 1.807) is 0 Å². The van der Waals surface area contributed by atoms with Crippen LogP contribution >= 0.6 is 0 Å². The van der Waals surface area contributed by atoms with Crippen LogP contribution in [-0.2, 0) is 9.31 Å². The smallest absolute Gasteiger partial charge is 0.397 e. The second-order valence-corrected chi connectivity index (χ2v) is 4.58. The van der Waals surface area contributed by atoms with E-state index in [0.29, 0.717) is 5.72 Å². The monoisotopic (exact) mass is 207 g/mol. The topological polar surface area (TPSA) is 57.1 Å². The van der Waals surface area contributed by atoms with E-state index in [0.717, 1.165) is 0 Å². The minimum atomic E-state index is -0.502. The third-order valence-electron chi connectivity index (χ3n) is 2.98. The Morgan fingerprint density at radius 3 is 1.93 bits per heavy atom. The summed E-state index contributed by atoms with van der Waals surface area (Å²) >= 11 is 0. The van der Waals surface area contributed by atoms with Crippen molar-refractivity contribution in [2.75, 3.05) is 0 Å². The van der Waals surface area contributed by atoms with Crippen molar-refractivity contribution in [3.8, 4) is 0 Å². The molecule has 2 rings (SSSR count). The molecule has 0 atom stereocenters. The van der Waals surface area contributed by atoms with Crippen LogP contribution in [0.1, 0.15) is 27.7 Å². The maximum atomic E-state index is 5.78. The first-order valence-corrected chi connectivity index (χ1v) is 4.90. The third kappa shape index (κ3) is 1.75. The summed E-state index contributed by atoms with van der Waals surface area (Å²) in [6.45, 7) is 7.98. The number of aromatic nitrogens is 3. The maximum Gasteiger partial charge on any atom is 0.534 e. The first-order valence-electron chi connectivity index (χ1n) is 4.90. The molecule has 80 valence electrons. The standard InChI is InChI=1S/C9H14BN3O2/c1-8(2)9(3,4)15-10(14-8)7-12-5-11-6-13-7/h5-6H,1-4H3. The van der Waals surface area contributed by atoms with Gasteiger partial charge in [0.1, 0.15) is 12.7 Å². The normalized spacial score (nSPS) is 23.1. The van der Waals surface area contributed by atoms with E-state index in [4.69, 9.17) is 9.31 Å². The maximum absolute atomic E-state index is 5.78. The predicted octanol–water partition coefficient (Wildman–Crippen LogP) is 0.171. The quantitative estimate of drug-likeness (QED) is 0.614. The molecule has 1 aromatic heterocycles. The Hall–Kier alpha value is -1.01. The molecule has 0 bridgehead atoms. The zero-order valence-corrected chi connectivity index (χ0v) is 9.39. The fraction of sp³-hybridized carbons (Fsp3) is 0.667. The van der Waals surface area contributed by atoms with Gasteiger partial charge in [-0.1, -0.05) is 0 Å². The molecule has 6 heteroatoms. The van der Waals surface area contributed by atoms with Crippen molar-refractivity contribution in [1.82, 2.24) is 15.0 Å². The Morgan fingerprint density at radius 1 is 1.00 bits per heavy atom. The van der Waals surface area contributed by atoms with Gasteiger partial charge < -0.3 is 9.31 Å². The van der Waals surface area contributed by atoms with Gasteiger partial charge in [0.05, 0.1) is 11.2 Å². The van der Waals surface area contributed by atoms with Crippen LogP contribution < -0.4 is 5.72 Å². The second-order valence-electron chi connectivity index (χ2n) is 4.58. The molecule has 0 amide bonds. The number of hydrogen-bond acceptors (Lipinski definition) is 5. The van der Waals surface area contributed by atoms with E-state index in [-0.39, 0.29) is 11.2 Å². The molecule has 0 radical (unpaired) electrons. The van der Waals surface area contributed by atoms with Crippen molar-refractivity contribution in [2.24, 2.45) is 0 Å². The molecule has 1 aliphatic rings. The Bertz CT molecular complexity index is 340. The number of hydrogen-bond donors (Lipinski definition) is 0. The highest BCUT2D eigenvalue weighted by Crippen LogP contribution is 2.35. The van der Waals surface area contributed by atoms with Gasteiger partial charge in [-0.3, -0.25) is 0 Å². The molecular formula is C9H14BN3O2. The molecule has 0 aliphatic carbocycles. The molecule has 0 spiro atoms. The molecule has 0 unspecified atom stereocenters. The number of rotatable bonds is 1. The van der Waals surface area contributed by atoms with Crippen molar-refractivity contribution in [2.45, 2.75) is 38.9 Å². The van der Waals surface area contributed by atoms with Crippen LogP contribution in [0, 0.1) is 0 Å². The summed E-state index contributed by atoms with van der Waals surface area (Å²) in [6.07, 6.45) is 2.88. The van der Waals surface area contributed by atoms with Gasteiger partial charge >= 0.3 is 7.12 Å². The summed E-state index contributed by atoms with van der Waals surface area (Å²) in [5, 5.41) is 0. The van der Waals surface area contributed by atoms with Gasteiger partial charge in [0.15, 0.2) is 5.72 Å². The van der Waals surface area contributed by atoms with Crippen LogP contribution in [0.15, 0.2) is 12.7 Å². The molecule has 2 heterocycles. The van der Waals surface area contributed by atoms with E-state index < -0.39 is 7.12 Å². The molecule has 0 aromatic carbocycles. The summed E-state index contributed by atoms with van der Waals surface area (Å²) in [7, 11) is -0.502. The van der Waals surface area contributed by atoms with Gasteiger partial charge in [-0.25, -0.2) is 15.0 Å².